The van der Waals surface area contributed by atoms with Crippen molar-refractivity contribution in [1.29, 1.82) is 0 Å². The monoisotopic (exact) mass is 226 g/mol. The van der Waals surface area contributed by atoms with E-state index in [1.54, 1.807) is 14.0 Å². The van der Waals surface area contributed by atoms with Crippen LogP contribution in [0.4, 0.5) is 4.39 Å². The molecule has 0 fully saturated rings. The fourth-order valence-electron chi connectivity index (χ4n) is 1.20. The normalized spacial score (nSPS) is 12.2. The summed E-state index contributed by atoms with van der Waals surface area (Å²) in [5, 5.41) is 9.08. The van der Waals surface area contributed by atoms with Crippen molar-refractivity contribution in [2.45, 2.75) is 19.4 Å². The SMILES string of the molecule is CC(O)CCN(C)C(=O)c1cccc(F)n1. The summed E-state index contributed by atoms with van der Waals surface area (Å²) in [6.45, 7) is 2.06. The summed E-state index contributed by atoms with van der Waals surface area (Å²) in [7, 11) is 1.59. The van der Waals surface area contributed by atoms with Crippen molar-refractivity contribution in [2.24, 2.45) is 0 Å². The largest absolute Gasteiger partial charge is 0.393 e. The molecular weight excluding hydrogens is 211 g/mol. The lowest BCUT2D eigenvalue weighted by Gasteiger charge is -2.17. The lowest BCUT2D eigenvalue weighted by molar-refractivity contribution is 0.0762. The van der Waals surface area contributed by atoms with Gasteiger partial charge in [0.1, 0.15) is 5.69 Å². The molecule has 1 amide bonds. The van der Waals surface area contributed by atoms with E-state index in [0.29, 0.717) is 13.0 Å². The van der Waals surface area contributed by atoms with Crippen LogP contribution in [0, 0.1) is 5.95 Å². The Balaban J connectivity index is 2.63. The fourth-order valence-corrected chi connectivity index (χ4v) is 1.20. The standard InChI is InChI=1S/C11H15FN2O2/c1-8(15)6-7-14(2)11(16)9-4-3-5-10(12)13-9/h3-5,8,15H,6-7H2,1-2H3. The van der Waals surface area contributed by atoms with Crippen LogP contribution in [0.25, 0.3) is 0 Å². The van der Waals surface area contributed by atoms with E-state index in [4.69, 9.17) is 5.11 Å². The molecule has 16 heavy (non-hydrogen) atoms. The number of nitrogens with zero attached hydrogens (tertiary/aromatic N) is 2. The van der Waals surface area contributed by atoms with Crippen LogP contribution in [0.15, 0.2) is 18.2 Å². The zero-order chi connectivity index (χ0) is 12.1. The number of aromatic nitrogens is 1. The van der Waals surface area contributed by atoms with Crippen molar-refractivity contribution < 1.29 is 14.3 Å². The Morgan fingerprint density at radius 1 is 1.62 bits per heavy atom. The summed E-state index contributed by atoms with van der Waals surface area (Å²) in [6, 6.07) is 4.09. The number of amides is 1. The highest BCUT2D eigenvalue weighted by atomic mass is 19.1. The highest BCUT2D eigenvalue weighted by Crippen LogP contribution is 2.03. The van der Waals surface area contributed by atoms with E-state index < -0.39 is 12.1 Å². The van der Waals surface area contributed by atoms with Gasteiger partial charge in [-0.3, -0.25) is 4.79 Å². The second-order valence-corrected chi connectivity index (χ2v) is 3.71. The van der Waals surface area contributed by atoms with E-state index in [2.05, 4.69) is 4.98 Å². The number of aliphatic hydroxyl groups is 1. The predicted molar refractivity (Wildman–Crippen MR) is 57.5 cm³/mol. The minimum atomic E-state index is -0.672. The highest BCUT2D eigenvalue weighted by molar-refractivity contribution is 5.92. The van der Waals surface area contributed by atoms with Gasteiger partial charge in [-0.2, -0.15) is 4.39 Å². The van der Waals surface area contributed by atoms with Crippen LogP contribution in [0.1, 0.15) is 23.8 Å². The Morgan fingerprint density at radius 3 is 2.88 bits per heavy atom. The van der Waals surface area contributed by atoms with Gasteiger partial charge < -0.3 is 10.0 Å². The number of hydrogen-bond acceptors (Lipinski definition) is 3. The molecule has 1 atom stereocenters. The molecule has 0 aliphatic carbocycles. The summed E-state index contributed by atoms with van der Waals surface area (Å²) in [4.78, 5) is 16.6. The van der Waals surface area contributed by atoms with E-state index in [1.807, 2.05) is 0 Å². The molecule has 0 bridgehead atoms. The molecule has 1 N–H and O–H groups in total. The molecule has 1 aromatic heterocycles. The first-order valence-electron chi connectivity index (χ1n) is 5.07. The fraction of sp³-hybridized carbons (Fsp3) is 0.455. The van der Waals surface area contributed by atoms with Gasteiger partial charge in [0.15, 0.2) is 0 Å². The molecule has 0 aromatic carbocycles. The van der Waals surface area contributed by atoms with Gasteiger partial charge in [0, 0.05) is 13.6 Å². The summed E-state index contributed by atoms with van der Waals surface area (Å²) in [5.41, 5.74) is 0.0769. The number of pyridine rings is 1. The van der Waals surface area contributed by atoms with Crippen molar-refractivity contribution in [3.05, 3.63) is 29.8 Å². The molecule has 1 rings (SSSR count). The quantitative estimate of drug-likeness (QED) is 0.781. The molecule has 4 nitrogen and oxygen atoms in total. The number of aliphatic hydroxyl groups excluding tert-OH is 1. The van der Waals surface area contributed by atoms with Gasteiger partial charge >= 0.3 is 0 Å². The van der Waals surface area contributed by atoms with Gasteiger partial charge in [-0.15, -0.1) is 0 Å². The molecule has 1 aromatic rings. The van der Waals surface area contributed by atoms with Crippen LogP contribution >= 0.6 is 0 Å². The lowest BCUT2D eigenvalue weighted by atomic mass is 10.2. The summed E-state index contributed by atoms with van der Waals surface area (Å²) >= 11 is 0. The van der Waals surface area contributed by atoms with E-state index in [-0.39, 0.29) is 11.6 Å². The Labute approximate surface area is 93.7 Å². The van der Waals surface area contributed by atoms with Crippen LogP contribution < -0.4 is 0 Å². The first-order valence-corrected chi connectivity index (χ1v) is 5.07. The maximum atomic E-state index is 12.8. The smallest absolute Gasteiger partial charge is 0.272 e. The Bertz CT molecular complexity index is 369. The van der Waals surface area contributed by atoms with Gasteiger partial charge in [-0.05, 0) is 25.5 Å². The van der Waals surface area contributed by atoms with Gasteiger partial charge in [-0.25, -0.2) is 4.98 Å². The number of rotatable bonds is 4. The van der Waals surface area contributed by atoms with Crippen molar-refractivity contribution in [1.82, 2.24) is 9.88 Å². The minimum absolute atomic E-state index is 0.0769. The molecule has 0 aliphatic heterocycles. The average Bonchev–Trinajstić information content (AvgIpc) is 2.24. The number of carbonyl (C=O) groups is 1. The second-order valence-electron chi connectivity index (χ2n) is 3.71. The molecule has 0 saturated heterocycles. The van der Waals surface area contributed by atoms with Crippen molar-refractivity contribution in [2.75, 3.05) is 13.6 Å². The first-order chi connectivity index (χ1) is 7.50. The molecule has 1 unspecified atom stereocenters. The van der Waals surface area contributed by atoms with E-state index in [1.165, 1.54) is 23.1 Å². The molecule has 0 aliphatic rings. The van der Waals surface area contributed by atoms with E-state index >= 15 is 0 Å². The third-order valence-corrected chi connectivity index (χ3v) is 2.16. The van der Waals surface area contributed by atoms with Crippen molar-refractivity contribution in [3.63, 3.8) is 0 Å². The van der Waals surface area contributed by atoms with Crippen LogP contribution in [0.2, 0.25) is 0 Å². The molecule has 1 heterocycles. The minimum Gasteiger partial charge on any atom is -0.393 e. The number of hydrogen-bond donors (Lipinski definition) is 1. The van der Waals surface area contributed by atoms with Crippen LogP contribution in [-0.4, -0.2) is 40.6 Å². The third-order valence-electron chi connectivity index (χ3n) is 2.16. The van der Waals surface area contributed by atoms with Gasteiger partial charge in [0.2, 0.25) is 5.95 Å². The zero-order valence-electron chi connectivity index (χ0n) is 9.35. The maximum absolute atomic E-state index is 12.8. The van der Waals surface area contributed by atoms with Gasteiger partial charge in [-0.1, -0.05) is 6.07 Å². The lowest BCUT2D eigenvalue weighted by Crippen LogP contribution is -2.30. The number of halogens is 1. The molecule has 0 saturated carbocycles. The molecule has 88 valence electrons. The first kappa shape index (κ1) is 12.6. The Kier molecular flexibility index (Phi) is 4.37. The van der Waals surface area contributed by atoms with Gasteiger partial charge in [0.25, 0.3) is 5.91 Å². The van der Waals surface area contributed by atoms with Crippen molar-refractivity contribution >= 4 is 5.91 Å². The summed E-state index contributed by atoms with van der Waals surface area (Å²) in [5.74, 6) is -1.02. The Hall–Kier alpha value is -1.49. The average molecular weight is 226 g/mol. The number of carbonyl (C=O) groups excluding carboxylic acids is 1. The molecular formula is C11H15FN2O2. The highest BCUT2D eigenvalue weighted by Gasteiger charge is 2.13. The molecule has 0 spiro atoms. The van der Waals surface area contributed by atoms with Crippen LogP contribution in [0.3, 0.4) is 0 Å². The summed E-state index contributed by atoms with van der Waals surface area (Å²) < 4.78 is 12.8. The third kappa shape index (κ3) is 3.58. The van der Waals surface area contributed by atoms with Crippen LogP contribution in [-0.2, 0) is 0 Å². The van der Waals surface area contributed by atoms with E-state index in [0.717, 1.165) is 0 Å². The second kappa shape index (κ2) is 5.55. The topological polar surface area (TPSA) is 53.4 Å². The molecule has 0 radical (unpaired) electrons. The predicted octanol–water partition coefficient (Wildman–Crippen LogP) is 1.06. The van der Waals surface area contributed by atoms with Gasteiger partial charge in [0.05, 0.1) is 6.10 Å². The zero-order valence-corrected chi connectivity index (χ0v) is 9.35. The Morgan fingerprint density at radius 2 is 2.31 bits per heavy atom. The summed E-state index contributed by atoms with van der Waals surface area (Å²) in [6.07, 6.45) is 0.0214. The molecule has 5 heteroatoms. The van der Waals surface area contributed by atoms with Crippen molar-refractivity contribution in [3.8, 4) is 0 Å². The van der Waals surface area contributed by atoms with E-state index in [9.17, 15) is 9.18 Å². The maximum Gasteiger partial charge on any atom is 0.272 e. The van der Waals surface area contributed by atoms with Crippen LogP contribution in [0.5, 0.6) is 0 Å².